The number of carbonyl (C=O) groups is 1. The molecule has 0 N–H and O–H groups in total. The second-order valence-electron chi connectivity index (χ2n) is 4.76. The molecular formula is C11H21Br2NO2. The minimum absolute atomic E-state index is 0.305. The molecule has 5 heteroatoms. The molecule has 1 atom stereocenters. The van der Waals surface area contributed by atoms with Crippen LogP contribution in [-0.2, 0) is 4.74 Å². The summed E-state index contributed by atoms with van der Waals surface area (Å²) in [4.78, 5) is 11.9. The van der Waals surface area contributed by atoms with E-state index in [1.807, 2.05) is 20.8 Å². The Hall–Kier alpha value is 0.230. The molecule has 16 heavy (non-hydrogen) atoms. The summed E-state index contributed by atoms with van der Waals surface area (Å²) < 4.78 is 6.66. The fourth-order valence-electron chi connectivity index (χ4n) is 1.08. The molecule has 0 aromatic rings. The number of halogens is 2. The molecule has 0 spiro atoms. The van der Waals surface area contributed by atoms with E-state index in [4.69, 9.17) is 4.74 Å². The van der Waals surface area contributed by atoms with E-state index in [-0.39, 0.29) is 6.09 Å². The zero-order valence-electron chi connectivity index (χ0n) is 10.4. The summed E-state index contributed by atoms with van der Waals surface area (Å²) in [6, 6.07) is 0. The first-order chi connectivity index (χ1) is 7.26. The van der Waals surface area contributed by atoms with Gasteiger partial charge in [0.15, 0.2) is 0 Å². The fraction of sp³-hybridized carbons (Fsp3) is 0.909. The molecule has 1 amide bonds. The third-order valence-electron chi connectivity index (χ3n) is 1.82. The summed E-state index contributed by atoms with van der Waals surface area (Å²) in [6.45, 7) is 8.33. The lowest BCUT2D eigenvalue weighted by Gasteiger charge is -2.24. The Bertz CT molecular complexity index is 217. The molecule has 0 rings (SSSR count). The van der Waals surface area contributed by atoms with Gasteiger partial charge in [-0.25, -0.2) is 8.72 Å². The summed E-state index contributed by atoms with van der Waals surface area (Å²) in [5.74, 6) is 0. The highest BCUT2D eigenvalue weighted by atomic mass is 79.9. The smallest absolute Gasteiger partial charge is 0.420 e. The zero-order chi connectivity index (χ0) is 12.8. The van der Waals surface area contributed by atoms with Crippen LogP contribution in [0.3, 0.4) is 0 Å². The van der Waals surface area contributed by atoms with Gasteiger partial charge < -0.3 is 4.74 Å². The maximum absolute atomic E-state index is 11.6. The van der Waals surface area contributed by atoms with E-state index in [1.165, 1.54) is 3.93 Å². The molecular weight excluding hydrogens is 338 g/mol. The Morgan fingerprint density at radius 1 is 1.44 bits per heavy atom. The van der Waals surface area contributed by atoms with Gasteiger partial charge in [-0.3, -0.25) is 0 Å². The monoisotopic (exact) mass is 357 g/mol. The van der Waals surface area contributed by atoms with Crippen molar-refractivity contribution in [2.24, 2.45) is 0 Å². The van der Waals surface area contributed by atoms with E-state index in [9.17, 15) is 4.79 Å². The minimum atomic E-state index is -0.450. The molecule has 0 aliphatic heterocycles. The van der Waals surface area contributed by atoms with Gasteiger partial charge in [0.1, 0.15) is 5.60 Å². The minimum Gasteiger partial charge on any atom is -0.443 e. The van der Waals surface area contributed by atoms with Crippen LogP contribution in [0.2, 0.25) is 0 Å². The number of rotatable bonds is 5. The predicted octanol–water partition coefficient (Wildman–Crippen LogP) is 4.49. The molecule has 0 aromatic carbocycles. The Kier molecular flexibility index (Phi) is 7.64. The Labute approximate surface area is 115 Å². The lowest BCUT2D eigenvalue weighted by molar-refractivity contribution is 0.0415. The van der Waals surface area contributed by atoms with Gasteiger partial charge in [-0.05, 0) is 27.2 Å². The molecule has 0 bridgehead atoms. The first-order valence-corrected chi connectivity index (χ1v) is 7.19. The lowest BCUT2D eigenvalue weighted by atomic mass is 10.2. The van der Waals surface area contributed by atoms with Gasteiger partial charge >= 0.3 is 6.09 Å². The molecule has 1 unspecified atom stereocenters. The van der Waals surface area contributed by atoms with Crippen LogP contribution in [0.4, 0.5) is 4.79 Å². The number of alkyl halides is 1. The maximum Gasteiger partial charge on any atom is 0.420 e. The molecule has 0 aromatic heterocycles. The van der Waals surface area contributed by atoms with Crippen molar-refractivity contribution in [3.63, 3.8) is 0 Å². The first-order valence-electron chi connectivity index (χ1n) is 5.56. The quantitative estimate of drug-likeness (QED) is 0.535. The van der Waals surface area contributed by atoms with Crippen LogP contribution in [0.1, 0.15) is 47.0 Å². The molecule has 0 aliphatic rings. The van der Waals surface area contributed by atoms with Crippen molar-refractivity contribution in [3.8, 4) is 0 Å². The van der Waals surface area contributed by atoms with Crippen LogP contribution in [-0.4, -0.2) is 27.0 Å². The summed E-state index contributed by atoms with van der Waals surface area (Å²) in [6.07, 6.45) is 3.04. The van der Waals surface area contributed by atoms with Gasteiger partial charge in [0.05, 0.1) is 16.1 Å². The number of hydrogen-bond acceptors (Lipinski definition) is 2. The average molecular weight is 359 g/mol. The molecule has 0 saturated heterocycles. The van der Waals surface area contributed by atoms with Gasteiger partial charge in [-0.1, -0.05) is 35.7 Å². The third kappa shape index (κ3) is 8.39. The van der Waals surface area contributed by atoms with Crippen molar-refractivity contribution < 1.29 is 9.53 Å². The standard InChI is InChI=1S/C11H21Br2NO2/c1-5-6-7-9(12)8-14(13)10(15)16-11(2,3)4/h9H,5-8H2,1-4H3. The highest BCUT2D eigenvalue weighted by Gasteiger charge is 2.22. The van der Waals surface area contributed by atoms with E-state index in [0.717, 1.165) is 19.3 Å². The predicted molar refractivity (Wildman–Crippen MR) is 74.1 cm³/mol. The van der Waals surface area contributed by atoms with Crippen LogP contribution in [0.15, 0.2) is 0 Å². The van der Waals surface area contributed by atoms with E-state index in [1.54, 1.807) is 0 Å². The average Bonchev–Trinajstić information content (AvgIpc) is 2.11. The molecule has 3 nitrogen and oxygen atoms in total. The third-order valence-corrected chi connectivity index (χ3v) is 3.15. The number of hydrogen-bond donors (Lipinski definition) is 0. The second kappa shape index (κ2) is 7.54. The Balaban J connectivity index is 3.95. The Morgan fingerprint density at radius 2 is 2.00 bits per heavy atom. The molecule has 96 valence electrons. The summed E-state index contributed by atoms with van der Waals surface area (Å²) in [5, 5.41) is 0. The summed E-state index contributed by atoms with van der Waals surface area (Å²) in [5.41, 5.74) is -0.450. The lowest BCUT2D eigenvalue weighted by Crippen LogP contribution is -2.33. The normalized spacial score (nSPS) is 13.4. The molecule has 0 heterocycles. The maximum atomic E-state index is 11.6. The Morgan fingerprint density at radius 3 is 2.44 bits per heavy atom. The summed E-state index contributed by atoms with van der Waals surface area (Å²) >= 11 is 6.77. The van der Waals surface area contributed by atoms with Crippen molar-refractivity contribution in [1.82, 2.24) is 3.93 Å². The van der Waals surface area contributed by atoms with Gasteiger partial charge in [0.2, 0.25) is 0 Å². The number of nitrogens with zero attached hydrogens (tertiary/aromatic N) is 1. The molecule has 0 fully saturated rings. The highest BCUT2D eigenvalue weighted by Crippen LogP contribution is 2.17. The van der Waals surface area contributed by atoms with Crippen molar-refractivity contribution >= 4 is 38.2 Å². The van der Waals surface area contributed by atoms with E-state index >= 15 is 0 Å². The topological polar surface area (TPSA) is 29.5 Å². The van der Waals surface area contributed by atoms with Gasteiger partial charge in [-0.15, -0.1) is 0 Å². The molecule has 0 aliphatic carbocycles. The molecule has 0 saturated carbocycles. The number of ether oxygens (including phenoxy) is 1. The van der Waals surface area contributed by atoms with Gasteiger partial charge in [0, 0.05) is 11.4 Å². The second-order valence-corrected chi connectivity index (χ2v) is 6.92. The SMILES string of the molecule is CCCCC(Br)CN(Br)C(=O)OC(C)(C)C. The van der Waals surface area contributed by atoms with Crippen LogP contribution in [0.5, 0.6) is 0 Å². The van der Waals surface area contributed by atoms with Crippen molar-refractivity contribution in [1.29, 1.82) is 0 Å². The van der Waals surface area contributed by atoms with E-state index < -0.39 is 5.60 Å². The zero-order valence-corrected chi connectivity index (χ0v) is 13.6. The van der Waals surface area contributed by atoms with Crippen molar-refractivity contribution in [3.05, 3.63) is 0 Å². The van der Waals surface area contributed by atoms with Crippen LogP contribution in [0, 0.1) is 0 Å². The van der Waals surface area contributed by atoms with E-state index in [0.29, 0.717) is 11.4 Å². The number of amides is 1. The summed E-state index contributed by atoms with van der Waals surface area (Å²) in [7, 11) is 0. The van der Waals surface area contributed by atoms with Crippen LogP contribution >= 0.6 is 32.1 Å². The van der Waals surface area contributed by atoms with Crippen LogP contribution < -0.4 is 0 Å². The van der Waals surface area contributed by atoms with Crippen molar-refractivity contribution in [2.45, 2.75) is 57.4 Å². The van der Waals surface area contributed by atoms with Crippen LogP contribution in [0.25, 0.3) is 0 Å². The van der Waals surface area contributed by atoms with Gasteiger partial charge in [0.25, 0.3) is 0 Å². The van der Waals surface area contributed by atoms with Crippen molar-refractivity contribution in [2.75, 3.05) is 6.54 Å². The highest BCUT2D eigenvalue weighted by molar-refractivity contribution is 9.09. The number of unbranched alkanes of at least 4 members (excludes halogenated alkanes) is 1. The largest absolute Gasteiger partial charge is 0.443 e. The fourth-order valence-corrected chi connectivity index (χ4v) is 2.50. The molecule has 0 radical (unpaired) electrons. The van der Waals surface area contributed by atoms with Gasteiger partial charge in [-0.2, -0.15) is 0 Å². The van der Waals surface area contributed by atoms with E-state index in [2.05, 4.69) is 39.0 Å². The first kappa shape index (κ1) is 16.2. The number of carbonyl (C=O) groups excluding carboxylic acids is 1.